The van der Waals surface area contributed by atoms with Crippen LogP contribution in [-0.4, -0.2) is 5.11 Å². The molecule has 0 fully saturated rings. The zero-order chi connectivity index (χ0) is 21.2. The summed E-state index contributed by atoms with van der Waals surface area (Å²) in [4.78, 5) is 0. The van der Waals surface area contributed by atoms with E-state index >= 15 is 0 Å². The highest BCUT2D eigenvalue weighted by molar-refractivity contribution is 6.01. The Balaban J connectivity index is 2.79. The van der Waals surface area contributed by atoms with Crippen molar-refractivity contribution >= 4 is 16.3 Å². The Morgan fingerprint density at radius 1 is 0.793 bits per heavy atom. The molecule has 160 valence electrons. The quantitative estimate of drug-likeness (QED) is 0.360. The van der Waals surface area contributed by atoms with Crippen molar-refractivity contribution in [1.82, 2.24) is 0 Å². The van der Waals surface area contributed by atoms with Gasteiger partial charge in [0.25, 0.3) is 0 Å². The van der Waals surface area contributed by atoms with Crippen molar-refractivity contribution in [3.8, 4) is 5.75 Å². The van der Waals surface area contributed by atoms with Crippen LogP contribution in [0.25, 0.3) is 16.3 Å². The van der Waals surface area contributed by atoms with Gasteiger partial charge in [-0.2, -0.15) is 0 Å². The fourth-order valence-corrected chi connectivity index (χ4v) is 4.44. The first-order chi connectivity index (χ1) is 14.1. The van der Waals surface area contributed by atoms with Crippen LogP contribution in [0.15, 0.2) is 24.8 Å². The summed E-state index contributed by atoms with van der Waals surface area (Å²) in [6, 6.07) is 6.61. The second-order valence-electron chi connectivity index (χ2n) is 8.54. The van der Waals surface area contributed by atoms with E-state index in [1.807, 2.05) is 0 Å². The molecule has 0 spiro atoms. The van der Waals surface area contributed by atoms with Gasteiger partial charge in [-0.15, -0.1) is 0 Å². The van der Waals surface area contributed by atoms with Crippen LogP contribution in [0.5, 0.6) is 5.75 Å². The molecule has 0 saturated heterocycles. The topological polar surface area (TPSA) is 20.2 Å². The largest absolute Gasteiger partial charge is 0.507 e. The van der Waals surface area contributed by atoms with Gasteiger partial charge in [0.05, 0.1) is 0 Å². The molecule has 0 bridgehead atoms. The monoisotopic (exact) mass is 394 g/mol. The van der Waals surface area contributed by atoms with Gasteiger partial charge >= 0.3 is 0 Å². The molecule has 0 atom stereocenters. The second kappa shape index (κ2) is 12.1. The number of aryl methyl sites for hydroxylation is 1. The molecule has 0 radical (unpaired) electrons. The van der Waals surface area contributed by atoms with Crippen LogP contribution in [0.1, 0.15) is 108 Å². The van der Waals surface area contributed by atoms with Gasteiger partial charge in [-0.3, -0.25) is 0 Å². The average Bonchev–Trinajstić information content (AvgIpc) is 2.73. The highest BCUT2D eigenvalue weighted by Crippen LogP contribution is 2.42. The van der Waals surface area contributed by atoms with E-state index in [0.29, 0.717) is 5.75 Å². The van der Waals surface area contributed by atoms with E-state index in [2.05, 4.69) is 52.5 Å². The molecule has 1 heteroatoms. The summed E-state index contributed by atoms with van der Waals surface area (Å²) in [5, 5.41) is 13.8. The molecule has 2 aromatic rings. The molecule has 1 nitrogen and oxygen atoms in total. The lowest BCUT2D eigenvalue weighted by Crippen LogP contribution is -2.05. The molecule has 0 aliphatic heterocycles. The molecule has 0 heterocycles. The van der Waals surface area contributed by atoms with Crippen LogP contribution in [0, 0.1) is 0 Å². The molecule has 29 heavy (non-hydrogen) atoms. The Labute approximate surface area is 179 Å². The lowest BCUT2D eigenvalue weighted by Gasteiger charge is -2.23. The Bertz CT molecular complexity index is 800. The van der Waals surface area contributed by atoms with Crippen molar-refractivity contribution in [2.75, 3.05) is 0 Å². The lowest BCUT2D eigenvalue weighted by molar-refractivity contribution is 0.471. The van der Waals surface area contributed by atoms with E-state index in [4.69, 9.17) is 0 Å². The zero-order valence-corrected chi connectivity index (χ0v) is 19.4. The summed E-state index contributed by atoms with van der Waals surface area (Å²) < 4.78 is 0. The van der Waals surface area contributed by atoms with Gasteiger partial charge in [-0.05, 0) is 84.6 Å². The molecule has 0 saturated carbocycles. The molecular weight excluding hydrogens is 352 g/mol. The van der Waals surface area contributed by atoms with Gasteiger partial charge in [0.1, 0.15) is 5.75 Å². The van der Waals surface area contributed by atoms with Gasteiger partial charge < -0.3 is 5.11 Å². The van der Waals surface area contributed by atoms with Crippen LogP contribution in [-0.2, 0) is 19.3 Å². The number of benzene rings is 2. The molecule has 0 amide bonds. The summed E-state index contributed by atoms with van der Waals surface area (Å²) >= 11 is 0. The SMILES string of the molecule is C=C(CCCC)c1c(CCCC)c(CCCC)c(O)c2c(CCCC)cccc12. The first-order valence-electron chi connectivity index (χ1n) is 12.1. The maximum atomic E-state index is 11.5. The maximum absolute atomic E-state index is 11.5. The van der Waals surface area contributed by atoms with Gasteiger partial charge in [-0.25, -0.2) is 0 Å². The number of aromatic hydroxyl groups is 1. The summed E-state index contributed by atoms with van der Waals surface area (Å²) in [5.74, 6) is 0.554. The maximum Gasteiger partial charge on any atom is 0.127 e. The van der Waals surface area contributed by atoms with Crippen molar-refractivity contribution in [3.05, 3.63) is 47.0 Å². The highest BCUT2D eigenvalue weighted by atomic mass is 16.3. The number of phenols is 1. The molecular formula is C28H42O. The first-order valence-corrected chi connectivity index (χ1v) is 12.1. The van der Waals surface area contributed by atoms with Crippen LogP contribution < -0.4 is 0 Å². The van der Waals surface area contributed by atoms with E-state index in [1.165, 1.54) is 58.9 Å². The Kier molecular flexibility index (Phi) is 9.78. The van der Waals surface area contributed by atoms with E-state index in [0.717, 1.165) is 56.8 Å². The van der Waals surface area contributed by atoms with Crippen LogP contribution in [0.2, 0.25) is 0 Å². The summed E-state index contributed by atoms with van der Waals surface area (Å²) in [7, 11) is 0. The highest BCUT2D eigenvalue weighted by Gasteiger charge is 2.21. The summed E-state index contributed by atoms with van der Waals surface area (Å²) in [6.45, 7) is 13.5. The molecule has 0 unspecified atom stereocenters. The third-order valence-electron chi connectivity index (χ3n) is 6.15. The fourth-order valence-electron chi connectivity index (χ4n) is 4.44. The van der Waals surface area contributed by atoms with Gasteiger partial charge in [0.15, 0.2) is 0 Å². The molecule has 0 aliphatic rings. The standard InChI is InChI=1S/C28H42O/c1-6-10-15-21(5)26-23(18-12-8-3)24(19-13-9-4)28(29)27-22(16-11-7-2)17-14-20-25(26)27/h14,17,20,29H,5-13,15-16,18-19H2,1-4H3. The average molecular weight is 395 g/mol. The molecule has 0 aliphatic carbocycles. The van der Waals surface area contributed by atoms with Crippen molar-refractivity contribution in [2.45, 2.75) is 105 Å². The number of phenolic OH excluding ortho intramolecular Hbond substituents is 1. The smallest absolute Gasteiger partial charge is 0.127 e. The Hall–Kier alpha value is -1.76. The normalized spacial score (nSPS) is 11.3. The predicted molar refractivity (Wildman–Crippen MR) is 130 cm³/mol. The van der Waals surface area contributed by atoms with Crippen LogP contribution in [0.3, 0.4) is 0 Å². The molecule has 0 aromatic heterocycles. The first kappa shape index (κ1) is 23.5. The van der Waals surface area contributed by atoms with Crippen molar-refractivity contribution in [3.63, 3.8) is 0 Å². The minimum absolute atomic E-state index is 0.554. The number of hydrogen-bond acceptors (Lipinski definition) is 1. The molecule has 2 rings (SSSR count). The second-order valence-corrected chi connectivity index (χ2v) is 8.54. The molecule has 1 N–H and O–H groups in total. The number of hydrogen-bond donors (Lipinski definition) is 1. The van der Waals surface area contributed by atoms with Gasteiger partial charge in [-0.1, -0.05) is 78.2 Å². The minimum Gasteiger partial charge on any atom is -0.507 e. The van der Waals surface area contributed by atoms with E-state index in [1.54, 1.807) is 0 Å². The summed E-state index contributed by atoms with van der Waals surface area (Å²) in [5.41, 5.74) is 6.48. The number of unbranched alkanes of at least 4 members (excludes halogenated alkanes) is 4. The van der Waals surface area contributed by atoms with Crippen LogP contribution >= 0.6 is 0 Å². The van der Waals surface area contributed by atoms with E-state index < -0.39 is 0 Å². The van der Waals surface area contributed by atoms with E-state index in [-0.39, 0.29) is 0 Å². The lowest BCUT2D eigenvalue weighted by atomic mass is 9.82. The van der Waals surface area contributed by atoms with E-state index in [9.17, 15) is 5.11 Å². The van der Waals surface area contributed by atoms with Gasteiger partial charge in [0.2, 0.25) is 0 Å². The number of fused-ring (bicyclic) bond motifs is 1. The zero-order valence-electron chi connectivity index (χ0n) is 19.4. The van der Waals surface area contributed by atoms with Gasteiger partial charge in [0, 0.05) is 5.39 Å². The third-order valence-corrected chi connectivity index (χ3v) is 6.15. The summed E-state index contributed by atoms with van der Waals surface area (Å²) in [6.07, 6.45) is 13.4. The predicted octanol–water partition coefficient (Wildman–Crippen LogP) is 8.78. The van der Waals surface area contributed by atoms with Crippen molar-refractivity contribution in [2.24, 2.45) is 0 Å². The van der Waals surface area contributed by atoms with Crippen molar-refractivity contribution in [1.29, 1.82) is 0 Å². The number of allylic oxidation sites excluding steroid dienone is 1. The molecule has 2 aromatic carbocycles. The number of rotatable bonds is 13. The minimum atomic E-state index is 0.554. The Morgan fingerprint density at radius 3 is 2.00 bits per heavy atom. The fraction of sp³-hybridized carbons (Fsp3) is 0.571. The third kappa shape index (κ3) is 5.65. The van der Waals surface area contributed by atoms with Crippen LogP contribution in [0.4, 0.5) is 0 Å². The van der Waals surface area contributed by atoms with Crippen molar-refractivity contribution < 1.29 is 5.11 Å². The Morgan fingerprint density at radius 2 is 1.38 bits per heavy atom.